The third kappa shape index (κ3) is 3.74. The molecule has 156 valence electrons. The van der Waals surface area contributed by atoms with Gasteiger partial charge in [0.15, 0.2) is 0 Å². The molecular weight excluding hydrogens is 368 g/mol. The second-order valence-electron chi connectivity index (χ2n) is 8.56. The first-order valence-electron chi connectivity index (χ1n) is 10.3. The second-order valence-corrected chi connectivity index (χ2v) is 8.56. The summed E-state index contributed by atoms with van der Waals surface area (Å²) in [7, 11) is 4.31. The maximum atomic E-state index is 12.7. The second kappa shape index (κ2) is 7.76. The summed E-state index contributed by atoms with van der Waals surface area (Å²) in [6.45, 7) is 1.56. The number of aromatic nitrogens is 3. The topological polar surface area (TPSA) is 86.5 Å². The molecule has 1 spiro atoms. The SMILES string of the molecule is CN(C)[C@]1(c2ccccc2)CC[C@]2(CC1)CN(Cc1cn(CCO)nn1)C(=O)N2. The molecule has 2 heterocycles. The molecule has 8 heteroatoms. The summed E-state index contributed by atoms with van der Waals surface area (Å²) in [4.78, 5) is 16.8. The van der Waals surface area contributed by atoms with Crippen LogP contribution in [0.2, 0.25) is 0 Å². The van der Waals surface area contributed by atoms with Crippen LogP contribution in [0.25, 0.3) is 0 Å². The van der Waals surface area contributed by atoms with Crippen molar-refractivity contribution in [2.75, 3.05) is 27.2 Å². The van der Waals surface area contributed by atoms with Crippen molar-refractivity contribution >= 4 is 6.03 Å². The number of urea groups is 1. The van der Waals surface area contributed by atoms with Crippen molar-refractivity contribution in [3.63, 3.8) is 0 Å². The predicted molar refractivity (Wildman–Crippen MR) is 109 cm³/mol. The molecule has 0 unspecified atom stereocenters. The standard InChI is InChI=1S/C21H30N6O2/c1-25(2)21(17-6-4-3-5-7-17)10-8-20(9-11-21)16-26(19(29)22-20)14-18-15-27(12-13-28)24-23-18/h3-7,15,28H,8-14,16H2,1-2H3,(H,22,29)/t20-,21+. The molecular formula is C21H30N6O2. The van der Waals surface area contributed by atoms with E-state index in [1.807, 2.05) is 4.90 Å². The van der Waals surface area contributed by atoms with Crippen molar-refractivity contribution in [2.45, 2.75) is 49.9 Å². The number of benzene rings is 1. The smallest absolute Gasteiger partial charge is 0.318 e. The first-order valence-corrected chi connectivity index (χ1v) is 10.3. The van der Waals surface area contributed by atoms with Crippen LogP contribution >= 0.6 is 0 Å². The van der Waals surface area contributed by atoms with Crippen molar-refractivity contribution in [3.05, 3.63) is 47.8 Å². The Morgan fingerprint density at radius 1 is 1.17 bits per heavy atom. The van der Waals surface area contributed by atoms with E-state index in [1.165, 1.54) is 5.56 Å². The maximum Gasteiger partial charge on any atom is 0.318 e. The van der Waals surface area contributed by atoms with Crippen LogP contribution in [-0.2, 0) is 18.6 Å². The van der Waals surface area contributed by atoms with Crippen LogP contribution in [0, 0.1) is 0 Å². The molecule has 2 aromatic rings. The molecule has 0 bridgehead atoms. The van der Waals surface area contributed by atoms with E-state index in [1.54, 1.807) is 10.9 Å². The average Bonchev–Trinajstić information content (AvgIpc) is 3.28. The Morgan fingerprint density at radius 2 is 1.90 bits per heavy atom. The number of carbonyl (C=O) groups is 1. The molecule has 1 aliphatic heterocycles. The summed E-state index contributed by atoms with van der Waals surface area (Å²) >= 11 is 0. The van der Waals surface area contributed by atoms with Crippen LogP contribution in [0.4, 0.5) is 4.79 Å². The number of aliphatic hydroxyl groups excluding tert-OH is 1. The van der Waals surface area contributed by atoms with Crippen molar-refractivity contribution in [1.82, 2.24) is 30.1 Å². The minimum Gasteiger partial charge on any atom is -0.394 e. The first-order chi connectivity index (χ1) is 14.0. The van der Waals surface area contributed by atoms with E-state index in [-0.39, 0.29) is 23.7 Å². The Morgan fingerprint density at radius 3 is 2.55 bits per heavy atom. The highest BCUT2D eigenvalue weighted by molar-refractivity contribution is 5.78. The summed E-state index contributed by atoms with van der Waals surface area (Å²) < 4.78 is 1.60. The van der Waals surface area contributed by atoms with E-state index in [9.17, 15) is 4.79 Å². The monoisotopic (exact) mass is 398 g/mol. The van der Waals surface area contributed by atoms with Gasteiger partial charge in [0.05, 0.1) is 31.4 Å². The summed E-state index contributed by atoms with van der Waals surface area (Å²) in [5.41, 5.74) is 1.93. The van der Waals surface area contributed by atoms with E-state index in [0.29, 0.717) is 19.6 Å². The first kappa shape index (κ1) is 19.8. The number of hydrogen-bond donors (Lipinski definition) is 2. The van der Waals surface area contributed by atoms with Gasteiger partial charge in [-0.15, -0.1) is 5.10 Å². The van der Waals surface area contributed by atoms with Gasteiger partial charge in [0.25, 0.3) is 0 Å². The van der Waals surface area contributed by atoms with Crippen LogP contribution in [0.1, 0.15) is 36.9 Å². The molecule has 2 amide bonds. The zero-order valence-corrected chi connectivity index (χ0v) is 17.2. The van der Waals surface area contributed by atoms with Crippen LogP contribution in [0.15, 0.2) is 36.5 Å². The minimum absolute atomic E-state index is 0.0116. The zero-order chi connectivity index (χ0) is 20.5. The molecule has 1 saturated heterocycles. The molecule has 1 aromatic carbocycles. The highest BCUT2D eigenvalue weighted by Crippen LogP contribution is 2.45. The van der Waals surface area contributed by atoms with Crippen LogP contribution in [0.3, 0.4) is 0 Å². The Labute approximate surface area is 171 Å². The van der Waals surface area contributed by atoms with E-state index in [4.69, 9.17) is 5.11 Å². The maximum absolute atomic E-state index is 12.7. The van der Waals surface area contributed by atoms with Crippen molar-refractivity contribution < 1.29 is 9.90 Å². The van der Waals surface area contributed by atoms with Gasteiger partial charge in [-0.2, -0.15) is 0 Å². The fourth-order valence-corrected chi connectivity index (χ4v) is 4.90. The Kier molecular flexibility index (Phi) is 5.31. The Hall–Kier alpha value is -2.45. The largest absolute Gasteiger partial charge is 0.394 e. The molecule has 4 rings (SSSR count). The predicted octanol–water partition coefficient (Wildman–Crippen LogP) is 1.57. The highest BCUT2D eigenvalue weighted by Gasteiger charge is 2.50. The molecule has 2 aliphatic rings. The van der Waals surface area contributed by atoms with Gasteiger partial charge in [0.1, 0.15) is 5.69 Å². The number of rotatable bonds is 6. The third-order valence-corrected chi connectivity index (χ3v) is 6.62. The molecule has 0 atom stereocenters. The van der Waals surface area contributed by atoms with Crippen molar-refractivity contribution in [1.29, 1.82) is 0 Å². The van der Waals surface area contributed by atoms with Gasteiger partial charge in [-0.1, -0.05) is 35.5 Å². The van der Waals surface area contributed by atoms with Gasteiger partial charge in [0, 0.05) is 12.1 Å². The number of hydrogen-bond acceptors (Lipinski definition) is 5. The fraction of sp³-hybridized carbons (Fsp3) is 0.571. The number of carbonyl (C=O) groups excluding carboxylic acids is 1. The van der Waals surface area contributed by atoms with Crippen molar-refractivity contribution in [3.8, 4) is 0 Å². The lowest BCUT2D eigenvalue weighted by molar-refractivity contribution is 0.0617. The summed E-state index contributed by atoms with van der Waals surface area (Å²) in [5.74, 6) is 0. The lowest BCUT2D eigenvalue weighted by Gasteiger charge is -2.48. The van der Waals surface area contributed by atoms with Gasteiger partial charge in [-0.25, -0.2) is 9.48 Å². The Bertz CT molecular complexity index is 842. The molecule has 29 heavy (non-hydrogen) atoms. The molecule has 8 nitrogen and oxygen atoms in total. The molecule has 1 aromatic heterocycles. The molecule has 2 N–H and O–H groups in total. The number of nitrogens with zero attached hydrogens (tertiary/aromatic N) is 5. The van der Waals surface area contributed by atoms with E-state index < -0.39 is 0 Å². The quantitative estimate of drug-likeness (QED) is 0.771. The zero-order valence-electron chi connectivity index (χ0n) is 17.2. The summed E-state index contributed by atoms with van der Waals surface area (Å²) in [6.07, 6.45) is 5.69. The van der Waals surface area contributed by atoms with E-state index in [2.05, 4.69) is 65.0 Å². The van der Waals surface area contributed by atoms with Gasteiger partial charge < -0.3 is 15.3 Å². The molecule has 1 aliphatic carbocycles. The lowest BCUT2D eigenvalue weighted by atomic mass is 9.69. The molecule has 2 fully saturated rings. The molecule has 0 radical (unpaired) electrons. The minimum atomic E-state index is -0.174. The van der Waals surface area contributed by atoms with Crippen LogP contribution in [-0.4, -0.2) is 68.7 Å². The van der Waals surface area contributed by atoms with E-state index >= 15 is 0 Å². The average molecular weight is 399 g/mol. The van der Waals surface area contributed by atoms with Gasteiger partial charge in [-0.3, -0.25) is 4.90 Å². The third-order valence-electron chi connectivity index (χ3n) is 6.62. The summed E-state index contributed by atoms with van der Waals surface area (Å²) in [6, 6.07) is 10.7. The van der Waals surface area contributed by atoms with Gasteiger partial charge >= 0.3 is 6.03 Å². The molecule has 1 saturated carbocycles. The number of amides is 2. The van der Waals surface area contributed by atoms with E-state index in [0.717, 1.165) is 31.4 Å². The van der Waals surface area contributed by atoms with Gasteiger partial charge in [-0.05, 0) is 45.3 Å². The fourth-order valence-electron chi connectivity index (χ4n) is 4.90. The number of nitrogens with one attached hydrogen (secondary N) is 1. The number of aliphatic hydroxyl groups is 1. The lowest BCUT2D eigenvalue weighted by Crippen LogP contribution is -2.54. The Balaban J connectivity index is 1.45. The van der Waals surface area contributed by atoms with Crippen LogP contribution in [0.5, 0.6) is 0 Å². The summed E-state index contributed by atoms with van der Waals surface area (Å²) in [5, 5.41) is 20.4. The highest BCUT2D eigenvalue weighted by atomic mass is 16.3. The normalized spacial score (nSPS) is 27.0. The van der Waals surface area contributed by atoms with Crippen LogP contribution < -0.4 is 5.32 Å². The van der Waals surface area contributed by atoms with Gasteiger partial charge in [0.2, 0.25) is 0 Å². The van der Waals surface area contributed by atoms with Crippen molar-refractivity contribution in [2.24, 2.45) is 0 Å².